The van der Waals surface area contributed by atoms with Crippen LogP contribution in [0.4, 0.5) is 0 Å². The van der Waals surface area contributed by atoms with Gasteiger partial charge in [-0.25, -0.2) is 0 Å². The fourth-order valence-corrected chi connectivity index (χ4v) is 2.62. The van der Waals surface area contributed by atoms with E-state index >= 15 is 0 Å². The summed E-state index contributed by atoms with van der Waals surface area (Å²) < 4.78 is 5.25. The highest BCUT2D eigenvalue weighted by molar-refractivity contribution is 4.90. The zero-order chi connectivity index (χ0) is 10.7. The van der Waals surface area contributed by atoms with Gasteiger partial charge in [0, 0.05) is 19.2 Å². The van der Waals surface area contributed by atoms with Crippen molar-refractivity contribution in [1.82, 2.24) is 5.32 Å². The Hall–Kier alpha value is -0.120. The zero-order valence-corrected chi connectivity index (χ0v) is 9.61. The molecule has 2 fully saturated rings. The number of ether oxygens (including phenoxy) is 1. The molecule has 0 aliphatic heterocycles. The van der Waals surface area contributed by atoms with Crippen molar-refractivity contribution >= 4 is 0 Å². The lowest BCUT2D eigenvalue weighted by molar-refractivity contribution is 0.0952. The molecular weight excluding hydrogens is 190 g/mol. The normalized spacial score (nSPS) is 34.0. The lowest BCUT2D eigenvalue weighted by Crippen LogP contribution is -2.45. The number of nitrogens with one attached hydrogen (secondary N) is 1. The van der Waals surface area contributed by atoms with Gasteiger partial charge in [-0.05, 0) is 44.4 Å². The summed E-state index contributed by atoms with van der Waals surface area (Å²) in [7, 11) is 1.77. The first-order valence-electron chi connectivity index (χ1n) is 6.22. The van der Waals surface area contributed by atoms with Gasteiger partial charge in [0.25, 0.3) is 0 Å². The molecule has 2 aliphatic carbocycles. The van der Waals surface area contributed by atoms with Crippen LogP contribution in [0.15, 0.2) is 0 Å². The van der Waals surface area contributed by atoms with Gasteiger partial charge >= 0.3 is 0 Å². The number of methoxy groups -OCH3 is 1. The van der Waals surface area contributed by atoms with Crippen LogP contribution in [0.5, 0.6) is 0 Å². The zero-order valence-electron chi connectivity index (χ0n) is 9.61. The summed E-state index contributed by atoms with van der Waals surface area (Å²) in [6, 6.07) is 1.03. The number of aliphatic hydroxyl groups is 1. The van der Waals surface area contributed by atoms with Gasteiger partial charge in [0.1, 0.15) is 0 Å². The molecule has 0 bridgehead atoms. The van der Waals surface area contributed by atoms with E-state index in [0.29, 0.717) is 12.1 Å². The van der Waals surface area contributed by atoms with E-state index in [9.17, 15) is 5.11 Å². The quantitative estimate of drug-likeness (QED) is 0.723. The van der Waals surface area contributed by atoms with Crippen molar-refractivity contribution in [2.75, 3.05) is 13.7 Å². The van der Waals surface area contributed by atoms with E-state index < -0.39 is 0 Å². The van der Waals surface area contributed by atoms with Crippen molar-refractivity contribution < 1.29 is 9.84 Å². The Labute approximate surface area is 92.2 Å². The molecule has 2 aliphatic rings. The molecule has 0 aromatic heterocycles. The molecule has 0 aromatic carbocycles. The molecular formula is C12H23NO2. The van der Waals surface area contributed by atoms with Crippen LogP contribution in [0.3, 0.4) is 0 Å². The van der Waals surface area contributed by atoms with Gasteiger partial charge in [-0.15, -0.1) is 0 Å². The van der Waals surface area contributed by atoms with Crippen molar-refractivity contribution in [3.8, 4) is 0 Å². The van der Waals surface area contributed by atoms with Crippen molar-refractivity contribution in [2.45, 2.75) is 56.7 Å². The summed E-state index contributed by atoms with van der Waals surface area (Å²) >= 11 is 0. The van der Waals surface area contributed by atoms with Crippen molar-refractivity contribution in [1.29, 1.82) is 0 Å². The van der Waals surface area contributed by atoms with Crippen LogP contribution < -0.4 is 5.32 Å². The molecule has 15 heavy (non-hydrogen) atoms. The SMILES string of the molecule is COCC(NC1CCCC(O)C1)C1CC1. The molecule has 0 spiro atoms. The van der Waals surface area contributed by atoms with Gasteiger partial charge in [0.15, 0.2) is 0 Å². The number of rotatable bonds is 5. The van der Waals surface area contributed by atoms with Crippen LogP contribution in [0.25, 0.3) is 0 Å². The van der Waals surface area contributed by atoms with E-state index in [0.717, 1.165) is 31.8 Å². The predicted molar refractivity (Wildman–Crippen MR) is 59.8 cm³/mol. The third-order valence-electron chi connectivity index (χ3n) is 3.63. The van der Waals surface area contributed by atoms with Gasteiger partial charge in [0.05, 0.1) is 12.7 Å². The van der Waals surface area contributed by atoms with Gasteiger partial charge in [-0.3, -0.25) is 0 Å². The maximum Gasteiger partial charge on any atom is 0.0618 e. The molecule has 2 saturated carbocycles. The van der Waals surface area contributed by atoms with E-state index in [1.54, 1.807) is 7.11 Å². The number of hydrogen-bond acceptors (Lipinski definition) is 3. The first-order valence-corrected chi connectivity index (χ1v) is 6.22. The molecule has 3 unspecified atom stereocenters. The second kappa shape index (κ2) is 5.28. The minimum Gasteiger partial charge on any atom is -0.393 e. The third-order valence-corrected chi connectivity index (χ3v) is 3.63. The summed E-state index contributed by atoms with van der Waals surface area (Å²) in [5, 5.41) is 13.3. The molecule has 0 saturated heterocycles. The van der Waals surface area contributed by atoms with Crippen molar-refractivity contribution in [3.05, 3.63) is 0 Å². The highest BCUT2D eigenvalue weighted by Crippen LogP contribution is 2.33. The summed E-state index contributed by atoms with van der Waals surface area (Å²) in [4.78, 5) is 0. The molecule has 3 nitrogen and oxygen atoms in total. The molecule has 2 rings (SSSR count). The first-order chi connectivity index (χ1) is 7.29. The van der Waals surface area contributed by atoms with Crippen LogP contribution in [0, 0.1) is 5.92 Å². The number of hydrogen-bond donors (Lipinski definition) is 2. The smallest absolute Gasteiger partial charge is 0.0618 e. The molecule has 3 atom stereocenters. The van der Waals surface area contributed by atoms with Gasteiger partial charge in [-0.1, -0.05) is 0 Å². The lowest BCUT2D eigenvalue weighted by Gasteiger charge is -2.30. The molecule has 0 heterocycles. The summed E-state index contributed by atoms with van der Waals surface area (Å²) in [6.07, 6.45) is 6.88. The summed E-state index contributed by atoms with van der Waals surface area (Å²) in [6.45, 7) is 0.817. The standard InChI is InChI=1S/C12H23NO2/c1-15-8-12(9-5-6-9)13-10-3-2-4-11(14)7-10/h9-14H,2-8H2,1H3. The maximum atomic E-state index is 9.61. The molecule has 0 radical (unpaired) electrons. The van der Waals surface area contributed by atoms with E-state index in [2.05, 4.69) is 5.32 Å². The van der Waals surface area contributed by atoms with Crippen LogP contribution in [-0.2, 0) is 4.74 Å². The van der Waals surface area contributed by atoms with Gasteiger partial charge < -0.3 is 15.2 Å². The second-order valence-electron chi connectivity index (χ2n) is 5.08. The van der Waals surface area contributed by atoms with E-state index in [4.69, 9.17) is 4.74 Å². The van der Waals surface area contributed by atoms with E-state index in [-0.39, 0.29) is 6.10 Å². The topological polar surface area (TPSA) is 41.5 Å². The monoisotopic (exact) mass is 213 g/mol. The highest BCUT2D eigenvalue weighted by atomic mass is 16.5. The van der Waals surface area contributed by atoms with Crippen molar-refractivity contribution in [3.63, 3.8) is 0 Å². The number of aliphatic hydroxyl groups excluding tert-OH is 1. The largest absolute Gasteiger partial charge is 0.393 e. The molecule has 0 amide bonds. The Morgan fingerprint density at radius 2 is 2.13 bits per heavy atom. The summed E-state index contributed by atoms with van der Waals surface area (Å²) in [5.74, 6) is 0.823. The Morgan fingerprint density at radius 1 is 1.33 bits per heavy atom. The Balaban J connectivity index is 1.77. The van der Waals surface area contributed by atoms with E-state index in [1.165, 1.54) is 19.3 Å². The highest BCUT2D eigenvalue weighted by Gasteiger charge is 2.33. The molecule has 3 heteroatoms. The second-order valence-corrected chi connectivity index (χ2v) is 5.08. The van der Waals surface area contributed by atoms with Crippen LogP contribution in [0.2, 0.25) is 0 Å². The Bertz CT molecular complexity index is 194. The van der Waals surface area contributed by atoms with Crippen LogP contribution in [0.1, 0.15) is 38.5 Å². The Morgan fingerprint density at radius 3 is 2.73 bits per heavy atom. The minimum absolute atomic E-state index is 0.0846. The van der Waals surface area contributed by atoms with E-state index in [1.807, 2.05) is 0 Å². The minimum atomic E-state index is -0.0846. The Kier molecular flexibility index (Phi) is 4.00. The molecule has 2 N–H and O–H groups in total. The molecule has 88 valence electrons. The van der Waals surface area contributed by atoms with Gasteiger partial charge in [-0.2, -0.15) is 0 Å². The summed E-state index contributed by atoms with van der Waals surface area (Å²) in [5.41, 5.74) is 0. The van der Waals surface area contributed by atoms with Crippen LogP contribution >= 0.6 is 0 Å². The average molecular weight is 213 g/mol. The first kappa shape index (κ1) is 11.4. The van der Waals surface area contributed by atoms with Crippen LogP contribution in [-0.4, -0.2) is 37.0 Å². The lowest BCUT2D eigenvalue weighted by atomic mass is 9.92. The van der Waals surface area contributed by atoms with Gasteiger partial charge in [0.2, 0.25) is 0 Å². The predicted octanol–water partition coefficient (Wildman–Crippen LogP) is 1.30. The fraction of sp³-hybridized carbons (Fsp3) is 1.00. The fourth-order valence-electron chi connectivity index (χ4n) is 2.62. The third kappa shape index (κ3) is 3.44. The van der Waals surface area contributed by atoms with Crippen molar-refractivity contribution in [2.24, 2.45) is 5.92 Å². The molecule has 0 aromatic rings. The average Bonchev–Trinajstić information content (AvgIpc) is 3.00. The maximum absolute atomic E-state index is 9.61.